The predicted molar refractivity (Wildman–Crippen MR) is 55.7 cm³/mol. The van der Waals surface area contributed by atoms with Gasteiger partial charge in [-0.15, -0.1) is 0 Å². The maximum atomic E-state index is 4.32. The van der Waals surface area contributed by atoms with Crippen molar-refractivity contribution < 1.29 is 0 Å². The summed E-state index contributed by atoms with van der Waals surface area (Å²) < 4.78 is 0. The van der Waals surface area contributed by atoms with Crippen molar-refractivity contribution >= 4 is 6.21 Å². The van der Waals surface area contributed by atoms with Gasteiger partial charge < -0.3 is 4.90 Å². The fourth-order valence-corrected chi connectivity index (χ4v) is 1.87. The van der Waals surface area contributed by atoms with Crippen molar-refractivity contribution in [2.24, 2.45) is 4.99 Å². The lowest BCUT2D eigenvalue weighted by Crippen LogP contribution is -2.14. The normalized spacial score (nSPS) is 26.8. The molecule has 0 saturated carbocycles. The number of hydrogen-bond acceptors (Lipinski definition) is 2. The molecule has 0 aromatic heterocycles. The van der Waals surface area contributed by atoms with Gasteiger partial charge in [-0.1, -0.05) is 0 Å². The topological polar surface area (TPSA) is 15.6 Å². The fraction of sp³-hybridized carbons (Fsp3) is 0.364. The number of rotatable bonds is 0. The summed E-state index contributed by atoms with van der Waals surface area (Å²) in [7, 11) is 2.12. The lowest BCUT2D eigenvalue weighted by atomic mass is 10.1. The Morgan fingerprint density at radius 3 is 2.62 bits per heavy atom. The molecule has 0 unspecified atom stereocenters. The van der Waals surface area contributed by atoms with E-state index in [0.29, 0.717) is 0 Å². The lowest BCUT2D eigenvalue weighted by Gasteiger charge is -2.15. The Morgan fingerprint density at radius 1 is 1.38 bits per heavy atom. The molecule has 0 bridgehead atoms. The molecule has 0 aromatic carbocycles. The van der Waals surface area contributed by atoms with Crippen molar-refractivity contribution in [1.29, 1.82) is 0 Å². The van der Waals surface area contributed by atoms with E-state index in [9.17, 15) is 0 Å². The molecule has 0 aromatic rings. The molecular formula is C11H14N2. The van der Waals surface area contributed by atoms with Gasteiger partial charge in [0.15, 0.2) is 0 Å². The van der Waals surface area contributed by atoms with Crippen LogP contribution in [0.25, 0.3) is 0 Å². The largest absolute Gasteiger partial charge is 0.369 e. The van der Waals surface area contributed by atoms with Crippen molar-refractivity contribution in [2.45, 2.75) is 13.8 Å². The Bertz CT molecular complexity index is 342. The van der Waals surface area contributed by atoms with Crippen LogP contribution in [0.1, 0.15) is 13.8 Å². The second-order valence-corrected chi connectivity index (χ2v) is 3.63. The fourth-order valence-electron chi connectivity index (χ4n) is 1.87. The first-order chi connectivity index (χ1) is 6.20. The van der Waals surface area contributed by atoms with Crippen LogP contribution in [0.3, 0.4) is 0 Å². The average molecular weight is 174 g/mol. The zero-order valence-electron chi connectivity index (χ0n) is 8.33. The molecule has 0 fully saturated rings. The second-order valence-electron chi connectivity index (χ2n) is 3.63. The number of aliphatic imine (C=N–C) groups is 1. The van der Waals surface area contributed by atoms with Gasteiger partial charge in [0, 0.05) is 19.8 Å². The van der Waals surface area contributed by atoms with E-state index in [1.54, 1.807) is 0 Å². The Labute approximate surface area is 79.0 Å². The van der Waals surface area contributed by atoms with E-state index in [1.165, 1.54) is 16.8 Å². The molecule has 2 heterocycles. The summed E-state index contributed by atoms with van der Waals surface area (Å²) in [5.41, 5.74) is 5.20. The van der Waals surface area contributed by atoms with Gasteiger partial charge in [0.05, 0.1) is 11.4 Å². The minimum absolute atomic E-state index is 1.04. The third-order valence-electron chi connectivity index (χ3n) is 2.65. The van der Waals surface area contributed by atoms with Gasteiger partial charge in [-0.2, -0.15) is 0 Å². The summed E-state index contributed by atoms with van der Waals surface area (Å²) in [6.45, 7) is 5.39. The van der Waals surface area contributed by atoms with E-state index in [2.05, 4.69) is 36.9 Å². The first-order valence-electron chi connectivity index (χ1n) is 4.53. The molecule has 2 rings (SSSR count). The van der Waals surface area contributed by atoms with Crippen LogP contribution >= 0.6 is 0 Å². The van der Waals surface area contributed by atoms with Crippen molar-refractivity contribution in [1.82, 2.24) is 4.90 Å². The standard InChI is InChI=1S/C11H14N2/c1-8-7-13(3)11(9(8)2)10-5-4-6-12-10/h4-6H,7H2,1-3H3. The highest BCUT2D eigenvalue weighted by atomic mass is 15.1. The smallest absolute Gasteiger partial charge is 0.0866 e. The van der Waals surface area contributed by atoms with Gasteiger partial charge >= 0.3 is 0 Å². The van der Waals surface area contributed by atoms with Crippen LogP contribution in [0.4, 0.5) is 0 Å². The third kappa shape index (κ3) is 1.22. The van der Waals surface area contributed by atoms with Crippen molar-refractivity contribution in [2.75, 3.05) is 13.6 Å². The maximum absolute atomic E-state index is 4.32. The van der Waals surface area contributed by atoms with Crippen LogP contribution in [0.15, 0.2) is 39.7 Å². The molecule has 0 saturated heterocycles. The maximum Gasteiger partial charge on any atom is 0.0866 e. The molecule has 0 N–H and O–H groups in total. The Kier molecular flexibility index (Phi) is 1.83. The average Bonchev–Trinajstić information content (AvgIpc) is 2.63. The van der Waals surface area contributed by atoms with Crippen LogP contribution in [-0.4, -0.2) is 24.7 Å². The highest BCUT2D eigenvalue weighted by molar-refractivity contribution is 5.77. The number of hydrogen-bond donors (Lipinski definition) is 0. The Morgan fingerprint density at radius 2 is 2.15 bits per heavy atom. The van der Waals surface area contributed by atoms with Crippen molar-refractivity contribution in [3.63, 3.8) is 0 Å². The number of likely N-dealkylation sites (N-methyl/N-ethyl adjacent to an activating group) is 1. The summed E-state index contributed by atoms with van der Waals surface area (Å²) in [5.74, 6) is 0. The summed E-state index contributed by atoms with van der Waals surface area (Å²) in [4.78, 5) is 6.58. The van der Waals surface area contributed by atoms with Crippen LogP contribution in [-0.2, 0) is 0 Å². The highest BCUT2D eigenvalue weighted by Crippen LogP contribution is 2.30. The van der Waals surface area contributed by atoms with Crippen LogP contribution < -0.4 is 0 Å². The zero-order chi connectivity index (χ0) is 9.42. The van der Waals surface area contributed by atoms with Crippen molar-refractivity contribution in [3.8, 4) is 0 Å². The molecule has 2 aliphatic heterocycles. The highest BCUT2D eigenvalue weighted by Gasteiger charge is 2.21. The molecule has 2 heteroatoms. The van der Waals surface area contributed by atoms with Gasteiger partial charge in [-0.3, -0.25) is 4.99 Å². The van der Waals surface area contributed by atoms with Gasteiger partial charge in [0.1, 0.15) is 0 Å². The molecule has 0 spiro atoms. The Hall–Kier alpha value is -1.31. The predicted octanol–water partition coefficient (Wildman–Crippen LogP) is 2.12. The van der Waals surface area contributed by atoms with E-state index in [0.717, 1.165) is 12.2 Å². The van der Waals surface area contributed by atoms with E-state index in [1.807, 2.05) is 12.3 Å². The number of nitrogens with zero attached hydrogens (tertiary/aromatic N) is 2. The molecule has 0 atom stereocenters. The van der Waals surface area contributed by atoms with Crippen LogP contribution in [0.5, 0.6) is 0 Å². The molecular weight excluding hydrogens is 160 g/mol. The number of allylic oxidation sites excluding steroid dienone is 3. The monoisotopic (exact) mass is 174 g/mol. The first kappa shape index (κ1) is 8.30. The van der Waals surface area contributed by atoms with E-state index in [4.69, 9.17) is 0 Å². The zero-order valence-corrected chi connectivity index (χ0v) is 8.33. The first-order valence-corrected chi connectivity index (χ1v) is 4.53. The molecule has 2 nitrogen and oxygen atoms in total. The van der Waals surface area contributed by atoms with Gasteiger partial charge in [-0.25, -0.2) is 0 Å². The molecule has 13 heavy (non-hydrogen) atoms. The Balaban J connectivity index is 2.49. The van der Waals surface area contributed by atoms with Gasteiger partial charge in [0.25, 0.3) is 0 Å². The van der Waals surface area contributed by atoms with Gasteiger partial charge in [-0.05, 0) is 37.1 Å². The molecule has 0 radical (unpaired) electrons. The lowest BCUT2D eigenvalue weighted by molar-refractivity contribution is 0.485. The summed E-state index contributed by atoms with van der Waals surface area (Å²) >= 11 is 0. The molecule has 68 valence electrons. The molecule has 0 amide bonds. The molecule has 0 aliphatic carbocycles. The van der Waals surface area contributed by atoms with E-state index < -0.39 is 0 Å². The molecule has 2 aliphatic rings. The summed E-state index contributed by atoms with van der Waals surface area (Å²) in [5, 5.41) is 0. The summed E-state index contributed by atoms with van der Waals surface area (Å²) in [6.07, 6.45) is 5.89. The van der Waals surface area contributed by atoms with Crippen molar-refractivity contribution in [3.05, 3.63) is 34.7 Å². The van der Waals surface area contributed by atoms with Gasteiger partial charge in [0.2, 0.25) is 0 Å². The SMILES string of the molecule is CC1=C(C)C(=C2C=CC=N2)N(C)C1. The van der Waals surface area contributed by atoms with E-state index >= 15 is 0 Å². The van der Waals surface area contributed by atoms with Crippen LogP contribution in [0.2, 0.25) is 0 Å². The second kappa shape index (κ2) is 2.87. The van der Waals surface area contributed by atoms with E-state index in [-0.39, 0.29) is 0 Å². The third-order valence-corrected chi connectivity index (χ3v) is 2.65. The summed E-state index contributed by atoms with van der Waals surface area (Å²) in [6, 6.07) is 0. The van der Waals surface area contributed by atoms with Crippen LogP contribution in [0, 0.1) is 0 Å². The quantitative estimate of drug-likeness (QED) is 0.549. The minimum Gasteiger partial charge on any atom is -0.369 e. The minimum atomic E-state index is 1.04.